The Kier molecular flexibility index (Phi) is 4.28. The van der Waals surface area contributed by atoms with Gasteiger partial charge in [0.1, 0.15) is 0 Å². The van der Waals surface area contributed by atoms with Gasteiger partial charge in [-0.15, -0.1) is 11.3 Å². The van der Waals surface area contributed by atoms with Gasteiger partial charge in [0.15, 0.2) is 0 Å². The van der Waals surface area contributed by atoms with Crippen molar-refractivity contribution in [1.82, 2.24) is 4.90 Å². The molecule has 6 heteroatoms. The van der Waals surface area contributed by atoms with Crippen LogP contribution in [0.5, 0.6) is 0 Å². The Morgan fingerprint density at radius 3 is 2.82 bits per heavy atom. The first-order valence-electron chi connectivity index (χ1n) is 5.50. The van der Waals surface area contributed by atoms with Crippen LogP contribution in [-0.4, -0.2) is 29.4 Å². The van der Waals surface area contributed by atoms with Crippen molar-refractivity contribution in [2.45, 2.75) is 31.8 Å². The van der Waals surface area contributed by atoms with Crippen molar-refractivity contribution in [2.75, 3.05) is 6.54 Å². The molecule has 2 unspecified atom stereocenters. The summed E-state index contributed by atoms with van der Waals surface area (Å²) >= 11 is 8.29. The molecule has 0 radical (unpaired) electrons. The van der Waals surface area contributed by atoms with Gasteiger partial charge < -0.3 is 10.6 Å². The summed E-state index contributed by atoms with van der Waals surface area (Å²) in [5, 5.41) is 0. The normalized spacial score (nSPS) is 25.1. The van der Waals surface area contributed by atoms with Crippen LogP contribution in [0.4, 0.5) is 0 Å². The number of hydrogen-bond donors (Lipinski definition) is 1. The zero-order valence-electron chi connectivity index (χ0n) is 9.45. The molecule has 2 atom stereocenters. The summed E-state index contributed by atoms with van der Waals surface area (Å²) in [6.07, 6.45) is 1.78. The number of nitrogens with zero attached hydrogens (tertiary/aromatic N) is 1. The summed E-state index contributed by atoms with van der Waals surface area (Å²) in [4.78, 5) is 15.0. The van der Waals surface area contributed by atoms with E-state index in [0.717, 1.165) is 32.5 Å². The van der Waals surface area contributed by atoms with E-state index in [1.54, 1.807) is 0 Å². The molecule has 1 aliphatic heterocycles. The highest BCUT2D eigenvalue weighted by Crippen LogP contribution is 2.33. The van der Waals surface area contributed by atoms with Gasteiger partial charge in [-0.3, -0.25) is 4.79 Å². The highest BCUT2D eigenvalue weighted by Gasteiger charge is 2.28. The van der Waals surface area contributed by atoms with Gasteiger partial charge in [0.2, 0.25) is 0 Å². The van der Waals surface area contributed by atoms with Crippen LogP contribution in [0.2, 0.25) is 0 Å². The highest BCUT2D eigenvalue weighted by molar-refractivity contribution is 9.13. The number of nitrogens with two attached hydrogens (primary N) is 1. The lowest BCUT2D eigenvalue weighted by Crippen LogP contribution is -2.48. The van der Waals surface area contributed by atoms with Crippen LogP contribution >= 0.6 is 43.2 Å². The Hall–Kier alpha value is 0.0900. The second-order valence-electron chi connectivity index (χ2n) is 4.36. The molecule has 1 saturated heterocycles. The summed E-state index contributed by atoms with van der Waals surface area (Å²) in [7, 11) is 0. The maximum Gasteiger partial charge on any atom is 0.264 e. The summed E-state index contributed by atoms with van der Waals surface area (Å²) < 4.78 is 1.90. The largest absolute Gasteiger partial charge is 0.335 e. The van der Waals surface area contributed by atoms with E-state index in [1.165, 1.54) is 11.3 Å². The van der Waals surface area contributed by atoms with Crippen LogP contribution in [0.1, 0.15) is 29.4 Å². The van der Waals surface area contributed by atoms with E-state index < -0.39 is 0 Å². The minimum absolute atomic E-state index is 0.112. The molecule has 3 nitrogen and oxygen atoms in total. The van der Waals surface area contributed by atoms with Gasteiger partial charge in [-0.25, -0.2) is 0 Å². The molecule has 2 N–H and O–H groups in total. The van der Waals surface area contributed by atoms with Crippen molar-refractivity contribution in [3.8, 4) is 0 Å². The third-order valence-corrected chi connectivity index (χ3v) is 6.28. The number of hydrogen-bond acceptors (Lipinski definition) is 3. The molecule has 2 heterocycles. The SMILES string of the molecule is CC1CC(N)CCN1C(=O)c1cc(Br)c(Br)s1. The van der Waals surface area contributed by atoms with Crippen LogP contribution in [0, 0.1) is 0 Å². The molecule has 0 bridgehead atoms. The van der Waals surface area contributed by atoms with Crippen molar-refractivity contribution in [2.24, 2.45) is 5.73 Å². The zero-order valence-corrected chi connectivity index (χ0v) is 13.4. The van der Waals surface area contributed by atoms with Crippen molar-refractivity contribution in [3.05, 3.63) is 19.2 Å². The second kappa shape index (κ2) is 5.38. The van der Waals surface area contributed by atoms with Crippen LogP contribution in [0.25, 0.3) is 0 Å². The van der Waals surface area contributed by atoms with Gasteiger partial charge in [0.25, 0.3) is 5.91 Å². The van der Waals surface area contributed by atoms with Crippen molar-refractivity contribution in [3.63, 3.8) is 0 Å². The first-order valence-corrected chi connectivity index (χ1v) is 7.90. The lowest BCUT2D eigenvalue weighted by atomic mass is 9.99. The third-order valence-electron chi connectivity index (χ3n) is 3.03. The monoisotopic (exact) mass is 380 g/mol. The molecule has 17 heavy (non-hydrogen) atoms. The molecule has 94 valence electrons. The predicted molar refractivity (Wildman–Crippen MR) is 77.4 cm³/mol. The number of rotatable bonds is 1. The maximum atomic E-state index is 12.3. The third kappa shape index (κ3) is 2.92. The average molecular weight is 382 g/mol. The number of halogens is 2. The summed E-state index contributed by atoms with van der Waals surface area (Å²) in [5.74, 6) is 0.112. The minimum atomic E-state index is 0.112. The fraction of sp³-hybridized carbons (Fsp3) is 0.545. The van der Waals surface area contributed by atoms with Gasteiger partial charge in [0.05, 0.1) is 8.66 Å². The molecule has 1 aliphatic rings. The summed E-state index contributed by atoms with van der Waals surface area (Å²) in [6.45, 7) is 2.82. The van der Waals surface area contributed by atoms with E-state index >= 15 is 0 Å². The number of likely N-dealkylation sites (tertiary alicyclic amines) is 1. The average Bonchev–Trinajstić information content (AvgIpc) is 2.58. The number of thiophene rings is 1. The predicted octanol–water partition coefficient (Wildman–Crippen LogP) is 3.22. The molecule has 1 aromatic heterocycles. The molecule has 0 saturated carbocycles. The van der Waals surface area contributed by atoms with Crippen LogP contribution < -0.4 is 5.73 Å². The molecule has 0 spiro atoms. The standard InChI is InChI=1S/C11H14Br2N2OS/c1-6-4-7(14)2-3-15(6)11(16)9-5-8(12)10(13)17-9/h5-7H,2-4,14H2,1H3. The smallest absolute Gasteiger partial charge is 0.264 e. The Morgan fingerprint density at radius 2 is 2.29 bits per heavy atom. The van der Waals surface area contributed by atoms with Gasteiger partial charge in [0, 0.05) is 23.1 Å². The minimum Gasteiger partial charge on any atom is -0.335 e. The fourth-order valence-electron chi connectivity index (χ4n) is 2.10. The van der Waals surface area contributed by atoms with Gasteiger partial charge in [-0.2, -0.15) is 0 Å². The molecule has 0 aliphatic carbocycles. The van der Waals surface area contributed by atoms with Gasteiger partial charge in [-0.05, 0) is 57.7 Å². The van der Waals surface area contributed by atoms with E-state index in [2.05, 4.69) is 38.8 Å². The molecule has 2 rings (SSSR count). The van der Waals surface area contributed by atoms with Gasteiger partial charge in [-0.1, -0.05) is 0 Å². The van der Waals surface area contributed by atoms with E-state index in [1.807, 2.05) is 11.0 Å². The molecule has 1 fully saturated rings. The molecule has 0 aromatic carbocycles. The lowest BCUT2D eigenvalue weighted by Gasteiger charge is -2.36. The Labute approximate surface area is 122 Å². The second-order valence-corrected chi connectivity index (χ2v) is 7.59. The quantitative estimate of drug-likeness (QED) is 0.811. The Morgan fingerprint density at radius 1 is 1.59 bits per heavy atom. The fourth-order valence-corrected chi connectivity index (χ4v) is 4.10. The summed E-state index contributed by atoms with van der Waals surface area (Å²) in [6, 6.07) is 2.33. The van der Waals surface area contributed by atoms with E-state index in [-0.39, 0.29) is 18.0 Å². The van der Waals surface area contributed by atoms with E-state index in [0.29, 0.717) is 0 Å². The molecular weight excluding hydrogens is 368 g/mol. The lowest BCUT2D eigenvalue weighted by molar-refractivity contribution is 0.0624. The molecule has 1 amide bonds. The zero-order chi connectivity index (χ0) is 12.6. The Bertz CT molecular complexity index is 416. The summed E-state index contributed by atoms with van der Waals surface area (Å²) in [5.41, 5.74) is 5.90. The highest BCUT2D eigenvalue weighted by atomic mass is 79.9. The topological polar surface area (TPSA) is 46.3 Å². The van der Waals surface area contributed by atoms with Crippen molar-refractivity contribution < 1.29 is 4.79 Å². The Balaban J connectivity index is 2.14. The first kappa shape index (κ1) is 13.5. The van der Waals surface area contributed by atoms with E-state index in [4.69, 9.17) is 5.73 Å². The van der Waals surface area contributed by atoms with Crippen LogP contribution in [-0.2, 0) is 0 Å². The van der Waals surface area contributed by atoms with Crippen LogP contribution in [0.15, 0.2) is 14.3 Å². The molecular formula is C11H14Br2N2OS. The molecule has 1 aromatic rings. The van der Waals surface area contributed by atoms with Crippen molar-refractivity contribution in [1.29, 1.82) is 0 Å². The number of carbonyl (C=O) groups is 1. The maximum absolute atomic E-state index is 12.3. The number of amides is 1. The van der Waals surface area contributed by atoms with E-state index in [9.17, 15) is 4.79 Å². The van der Waals surface area contributed by atoms with Gasteiger partial charge >= 0.3 is 0 Å². The number of carbonyl (C=O) groups excluding carboxylic acids is 1. The van der Waals surface area contributed by atoms with Crippen molar-refractivity contribution >= 4 is 49.1 Å². The van der Waals surface area contributed by atoms with Crippen LogP contribution in [0.3, 0.4) is 0 Å². The number of piperidine rings is 1. The first-order chi connectivity index (χ1) is 7.99.